The molecule has 0 radical (unpaired) electrons. The van der Waals surface area contributed by atoms with E-state index in [4.69, 9.17) is 16.3 Å². The van der Waals surface area contributed by atoms with Crippen LogP contribution >= 0.6 is 11.6 Å². The normalized spacial score (nSPS) is 11.8. The highest BCUT2D eigenvalue weighted by molar-refractivity contribution is 6.31. The van der Waals surface area contributed by atoms with Crippen molar-refractivity contribution in [3.63, 3.8) is 0 Å². The topological polar surface area (TPSA) is 82.2 Å². The summed E-state index contributed by atoms with van der Waals surface area (Å²) in [7, 11) is 1.51. The van der Waals surface area contributed by atoms with E-state index in [-0.39, 0.29) is 28.0 Å². The van der Waals surface area contributed by atoms with Crippen LogP contribution in [0.5, 0.6) is 5.75 Å². The maximum atomic E-state index is 13.7. The molecule has 0 amide bonds. The lowest BCUT2D eigenvalue weighted by molar-refractivity contribution is -0.141. The Kier molecular flexibility index (Phi) is 5.75. The fraction of sp³-hybridized carbons (Fsp3) is 0.130. The summed E-state index contributed by atoms with van der Waals surface area (Å²) >= 11 is 5.86. The highest BCUT2D eigenvalue weighted by atomic mass is 35.5. The molecular weight excluding hydrogens is 502 g/mol. The molecule has 0 aliphatic heterocycles. The van der Waals surface area contributed by atoms with Crippen molar-refractivity contribution in [2.75, 3.05) is 12.4 Å². The van der Waals surface area contributed by atoms with E-state index < -0.39 is 17.7 Å². The van der Waals surface area contributed by atoms with Gasteiger partial charge in [0.15, 0.2) is 5.69 Å². The van der Waals surface area contributed by atoms with Crippen LogP contribution in [0.15, 0.2) is 55.0 Å². The lowest BCUT2D eigenvalue weighted by atomic mass is 10.1. The van der Waals surface area contributed by atoms with E-state index >= 15 is 0 Å². The molecule has 0 atom stereocenters. The summed E-state index contributed by atoms with van der Waals surface area (Å²) in [4.78, 5) is 11.9. The van der Waals surface area contributed by atoms with Crippen molar-refractivity contribution in [2.45, 2.75) is 13.1 Å². The van der Waals surface area contributed by atoms with Crippen molar-refractivity contribution >= 4 is 29.0 Å². The number of alkyl halides is 3. The number of halogens is 5. The zero-order chi connectivity index (χ0) is 25.6. The number of benzene rings is 2. The molecule has 8 nitrogen and oxygen atoms in total. The average molecular weight is 518 g/mol. The molecule has 0 aliphatic rings. The van der Waals surface area contributed by atoms with Crippen molar-refractivity contribution < 1.29 is 22.3 Å². The summed E-state index contributed by atoms with van der Waals surface area (Å²) in [5.41, 5.74) is 1.10. The number of hydrogen-bond acceptors (Lipinski definition) is 6. The van der Waals surface area contributed by atoms with Gasteiger partial charge in [-0.3, -0.25) is 0 Å². The Bertz CT molecular complexity index is 1600. The Morgan fingerprint density at radius 3 is 2.53 bits per heavy atom. The van der Waals surface area contributed by atoms with Gasteiger partial charge in [-0.25, -0.2) is 14.4 Å². The zero-order valence-electron chi connectivity index (χ0n) is 18.7. The van der Waals surface area contributed by atoms with Gasteiger partial charge in [-0.2, -0.15) is 22.7 Å². The Morgan fingerprint density at radius 2 is 1.86 bits per heavy atom. The van der Waals surface area contributed by atoms with Gasteiger partial charge in [-0.1, -0.05) is 11.6 Å². The van der Waals surface area contributed by atoms with Crippen LogP contribution < -0.4 is 10.1 Å². The van der Waals surface area contributed by atoms with Crippen molar-refractivity contribution in [3.05, 3.63) is 77.2 Å². The largest absolute Gasteiger partial charge is 0.494 e. The number of ether oxygens (including phenoxy) is 1. The first-order chi connectivity index (χ1) is 17.1. The standard InChI is InChI=1S/C23H16ClF4N7O/c1-12-10-34(11-29-12)17-6-4-14(8-19(17)36-2)30-21-32-22-31-20(23(26,27)28)9-18(35(22)33-21)13-3-5-16(25)15(24)7-13/h3-11H,1-2H3,(H,30,33). The number of imidazole rings is 1. The van der Waals surface area contributed by atoms with Gasteiger partial charge in [0.25, 0.3) is 5.78 Å². The number of aryl methyl sites for hydroxylation is 1. The van der Waals surface area contributed by atoms with E-state index in [2.05, 4.69) is 25.4 Å². The smallest absolute Gasteiger partial charge is 0.433 e. The second kappa shape index (κ2) is 8.79. The molecule has 0 saturated heterocycles. The number of aromatic nitrogens is 6. The lowest BCUT2D eigenvalue weighted by Gasteiger charge is -2.11. The predicted octanol–water partition coefficient (Wildman–Crippen LogP) is 5.85. The summed E-state index contributed by atoms with van der Waals surface area (Å²) in [6, 6.07) is 9.57. The molecule has 0 unspecified atom stereocenters. The molecule has 0 aliphatic carbocycles. The van der Waals surface area contributed by atoms with Gasteiger partial charge in [0, 0.05) is 23.5 Å². The van der Waals surface area contributed by atoms with Crippen molar-refractivity contribution in [1.82, 2.24) is 29.1 Å². The number of rotatable bonds is 5. The van der Waals surface area contributed by atoms with Crippen LogP contribution in [0.2, 0.25) is 5.02 Å². The van der Waals surface area contributed by atoms with Crippen LogP contribution in [0.4, 0.5) is 29.2 Å². The SMILES string of the molecule is COc1cc(Nc2nc3nc(C(F)(F)F)cc(-c4ccc(F)c(Cl)c4)n3n2)ccc1-n1cnc(C)c1. The highest BCUT2D eigenvalue weighted by Gasteiger charge is 2.34. The van der Waals surface area contributed by atoms with Crippen LogP contribution in [0.25, 0.3) is 22.7 Å². The predicted molar refractivity (Wildman–Crippen MR) is 124 cm³/mol. The Balaban J connectivity index is 1.57. The minimum Gasteiger partial charge on any atom is -0.494 e. The quantitative estimate of drug-likeness (QED) is 0.295. The van der Waals surface area contributed by atoms with Crippen LogP contribution in [0, 0.1) is 12.7 Å². The van der Waals surface area contributed by atoms with Gasteiger partial charge in [-0.15, -0.1) is 5.10 Å². The van der Waals surface area contributed by atoms with Crippen molar-refractivity contribution in [1.29, 1.82) is 0 Å². The minimum atomic E-state index is -4.74. The molecule has 1 N–H and O–H groups in total. The number of fused-ring (bicyclic) bond motifs is 1. The van der Waals surface area contributed by atoms with Crippen LogP contribution in [-0.4, -0.2) is 36.2 Å². The first-order valence-electron chi connectivity index (χ1n) is 10.4. The van der Waals surface area contributed by atoms with Crippen LogP contribution in [0.3, 0.4) is 0 Å². The molecule has 0 spiro atoms. The molecule has 36 heavy (non-hydrogen) atoms. The monoisotopic (exact) mass is 517 g/mol. The molecule has 3 aromatic heterocycles. The summed E-state index contributed by atoms with van der Waals surface area (Å²) in [6.07, 6.45) is -1.26. The van der Waals surface area contributed by atoms with Gasteiger partial charge in [0.2, 0.25) is 5.95 Å². The Morgan fingerprint density at radius 1 is 1.06 bits per heavy atom. The van der Waals surface area contributed by atoms with Gasteiger partial charge >= 0.3 is 6.18 Å². The number of anilines is 2. The van der Waals surface area contributed by atoms with Gasteiger partial charge < -0.3 is 14.6 Å². The molecule has 13 heteroatoms. The lowest BCUT2D eigenvalue weighted by Crippen LogP contribution is -2.11. The first kappa shape index (κ1) is 23.5. The number of hydrogen-bond donors (Lipinski definition) is 1. The summed E-state index contributed by atoms with van der Waals surface area (Å²) < 4.78 is 62.7. The fourth-order valence-corrected chi connectivity index (χ4v) is 3.76. The molecule has 184 valence electrons. The third-order valence-electron chi connectivity index (χ3n) is 5.24. The van der Waals surface area contributed by atoms with Gasteiger partial charge in [0.05, 0.1) is 35.5 Å². The number of nitrogens with one attached hydrogen (secondary N) is 1. The minimum absolute atomic E-state index is 0.00967. The zero-order valence-corrected chi connectivity index (χ0v) is 19.4. The fourth-order valence-electron chi connectivity index (χ4n) is 3.58. The van der Waals surface area contributed by atoms with Gasteiger partial charge in [0.1, 0.15) is 11.6 Å². The average Bonchev–Trinajstić information content (AvgIpc) is 3.45. The van der Waals surface area contributed by atoms with E-state index in [1.807, 2.05) is 13.1 Å². The summed E-state index contributed by atoms with van der Waals surface area (Å²) in [6.45, 7) is 1.86. The van der Waals surface area contributed by atoms with Crippen molar-refractivity contribution in [3.8, 4) is 22.7 Å². The molecule has 3 heterocycles. The maximum absolute atomic E-state index is 13.7. The van der Waals surface area contributed by atoms with E-state index in [0.29, 0.717) is 11.4 Å². The maximum Gasteiger partial charge on any atom is 0.433 e. The Hall–Kier alpha value is -4.19. The summed E-state index contributed by atoms with van der Waals surface area (Å²) in [5, 5.41) is 6.98. The van der Waals surface area contributed by atoms with Crippen molar-refractivity contribution in [2.24, 2.45) is 0 Å². The number of methoxy groups -OCH3 is 1. The molecule has 0 saturated carbocycles. The Labute approximate surface area is 206 Å². The molecule has 0 fully saturated rings. The van der Waals surface area contributed by atoms with Crippen LogP contribution in [0.1, 0.15) is 11.4 Å². The molecule has 2 aromatic carbocycles. The number of nitrogens with zero attached hydrogens (tertiary/aromatic N) is 6. The third kappa shape index (κ3) is 4.42. The molecule has 5 rings (SSSR count). The highest BCUT2D eigenvalue weighted by Crippen LogP contribution is 2.33. The van der Waals surface area contributed by atoms with E-state index in [0.717, 1.165) is 28.0 Å². The van der Waals surface area contributed by atoms with E-state index in [9.17, 15) is 17.6 Å². The second-order valence-corrected chi connectivity index (χ2v) is 8.14. The van der Waals surface area contributed by atoms with Crippen LogP contribution in [-0.2, 0) is 6.18 Å². The van der Waals surface area contributed by atoms with E-state index in [1.165, 1.54) is 19.2 Å². The van der Waals surface area contributed by atoms with E-state index in [1.54, 1.807) is 29.1 Å². The first-order valence-corrected chi connectivity index (χ1v) is 10.8. The van der Waals surface area contributed by atoms with Gasteiger partial charge in [-0.05, 0) is 43.3 Å². The molecule has 5 aromatic rings. The summed E-state index contributed by atoms with van der Waals surface area (Å²) in [5.74, 6) is -0.504. The molecular formula is C23H16ClF4N7O. The molecule has 0 bridgehead atoms. The third-order valence-corrected chi connectivity index (χ3v) is 5.53. The second-order valence-electron chi connectivity index (χ2n) is 7.73.